The molecule has 0 aliphatic carbocycles. The van der Waals surface area contributed by atoms with E-state index < -0.39 is 0 Å². The van der Waals surface area contributed by atoms with Gasteiger partial charge in [0.15, 0.2) is 0 Å². The molecule has 2 aromatic rings. The van der Waals surface area contributed by atoms with E-state index in [1.165, 1.54) is 0 Å². The molecular weight excluding hydrogens is 400 g/mol. The topological polar surface area (TPSA) is 87.8 Å². The van der Waals surface area contributed by atoms with E-state index in [9.17, 15) is 9.59 Å². The zero-order valence-corrected chi connectivity index (χ0v) is 18.9. The van der Waals surface area contributed by atoms with Crippen molar-refractivity contribution in [1.29, 1.82) is 0 Å². The monoisotopic (exact) mass is 430 g/mol. The Bertz CT molecular complexity index is 1120. The second-order valence-electron chi connectivity index (χ2n) is 9.51. The zero-order valence-electron chi connectivity index (χ0n) is 18.9. The molecule has 0 aromatic heterocycles. The first-order chi connectivity index (χ1) is 15.2. The summed E-state index contributed by atoms with van der Waals surface area (Å²) in [5.41, 5.74) is 10.6. The lowest BCUT2D eigenvalue weighted by atomic mass is 9.99. The predicted molar refractivity (Wildman–Crippen MR) is 129 cm³/mol. The summed E-state index contributed by atoms with van der Waals surface area (Å²) in [7, 11) is 0. The van der Waals surface area contributed by atoms with Gasteiger partial charge in [0.25, 0.3) is 5.91 Å². The van der Waals surface area contributed by atoms with Crippen molar-refractivity contribution in [1.82, 2.24) is 10.2 Å². The first kappa shape index (κ1) is 21.8. The van der Waals surface area contributed by atoms with E-state index >= 15 is 0 Å². The van der Waals surface area contributed by atoms with Crippen LogP contribution in [0.1, 0.15) is 56.0 Å². The molecule has 0 saturated carbocycles. The maximum atomic E-state index is 12.9. The third kappa shape index (κ3) is 4.90. The van der Waals surface area contributed by atoms with Crippen LogP contribution in [0.3, 0.4) is 0 Å². The van der Waals surface area contributed by atoms with Gasteiger partial charge in [-0.2, -0.15) is 0 Å². The molecule has 0 spiro atoms. The highest BCUT2D eigenvalue weighted by atomic mass is 16.2. The molecule has 0 radical (unpaired) electrons. The van der Waals surface area contributed by atoms with Crippen molar-refractivity contribution < 1.29 is 9.59 Å². The lowest BCUT2D eigenvalue weighted by molar-refractivity contribution is -0.126. The Kier molecular flexibility index (Phi) is 5.87. The van der Waals surface area contributed by atoms with Crippen molar-refractivity contribution in [3.8, 4) is 11.1 Å². The van der Waals surface area contributed by atoms with Gasteiger partial charge in [0.05, 0.1) is 5.69 Å². The lowest BCUT2D eigenvalue weighted by Gasteiger charge is -2.20. The van der Waals surface area contributed by atoms with Gasteiger partial charge in [-0.15, -0.1) is 0 Å². The van der Waals surface area contributed by atoms with Gasteiger partial charge in [-0.25, -0.2) is 4.99 Å². The van der Waals surface area contributed by atoms with Gasteiger partial charge >= 0.3 is 0 Å². The molecule has 2 aliphatic rings. The largest absolute Gasteiger partial charge is 0.387 e. The summed E-state index contributed by atoms with van der Waals surface area (Å²) in [6.45, 7) is 7.48. The van der Waals surface area contributed by atoms with Crippen molar-refractivity contribution in [3.05, 3.63) is 59.2 Å². The van der Waals surface area contributed by atoms with Crippen molar-refractivity contribution in [2.24, 2.45) is 10.7 Å². The molecular formula is C26H30N4O2. The number of nitrogens with two attached hydrogens (primary N) is 1. The minimum Gasteiger partial charge on any atom is -0.387 e. The molecule has 2 aromatic carbocycles. The molecule has 166 valence electrons. The molecule has 2 amide bonds. The summed E-state index contributed by atoms with van der Waals surface area (Å²) in [6, 6.07) is 13.5. The Morgan fingerprint density at radius 1 is 1.03 bits per heavy atom. The van der Waals surface area contributed by atoms with E-state index in [-0.39, 0.29) is 17.4 Å². The fourth-order valence-corrected chi connectivity index (χ4v) is 4.08. The van der Waals surface area contributed by atoms with Gasteiger partial charge in [-0.1, -0.05) is 24.3 Å². The van der Waals surface area contributed by atoms with Gasteiger partial charge in [0, 0.05) is 41.7 Å². The third-order valence-corrected chi connectivity index (χ3v) is 5.61. The minimum atomic E-state index is -0.306. The number of nitrogens with zero attached hydrogens (tertiary/aromatic N) is 2. The third-order valence-electron chi connectivity index (χ3n) is 5.61. The Hall–Kier alpha value is -3.41. The molecule has 4 rings (SSSR count). The standard InChI is InChI=1S/C26H30N4O2/c1-26(2,3)29-24(31)20-8-6-7-17(13-20)18-9-10-19-14-21(16-23(27)28-22(19)15-18)25(32)30-11-4-5-12-30/h6-10,13-15H,4-5,11-12,16H2,1-3H3,(H2,27,28)(H,29,31). The molecule has 1 fully saturated rings. The maximum Gasteiger partial charge on any atom is 0.251 e. The van der Waals surface area contributed by atoms with Gasteiger partial charge < -0.3 is 16.0 Å². The smallest absolute Gasteiger partial charge is 0.251 e. The molecule has 0 bridgehead atoms. The first-order valence-corrected chi connectivity index (χ1v) is 11.1. The van der Waals surface area contributed by atoms with Gasteiger partial charge in [-0.05, 0) is 69.0 Å². The Labute approximate surface area is 189 Å². The molecule has 32 heavy (non-hydrogen) atoms. The van der Waals surface area contributed by atoms with Crippen LogP contribution >= 0.6 is 0 Å². The van der Waals surface area contributed by atoms with Crippen molar-refractivity contribution in [3.63, 3.8) is 0 Å². The van der Waals surface area contributed by atoms with Crippen LogP contribution in [0.4, 0.5) is 5.69 Å². The summed E-state index contributed by atoms with van der Waals surface area (Å²) in [5.74, 6) is 0.373. The molecule has 6 nitrogen and oxygen atoms in total. The summed E-state index contributed by atoms with van der Waals surface area (Å²) in [5, 5.41) is 3.00. The van der Waals surface area contributed by atoms with Gasteiger partial charge in [0.1, 0.15) is 5.84 Å². The van der Waals surface area contributed by atoms with Crippen molar-refractivity contribution in [2.75, 3.05) is 13.1 Å². The molecule has 6 heteroatoms. The molecule has 0 atom stereocenters. The predicted octanol–water partition coefficient (Wildman–Crippen LogP) is 4.28. The second kappa shape index (κ2) is 8.61. The first-order valence-electron chi connectivity index (χ1n) is 11.1. The van der Waals surface area contributed by atoms with Crippen molar-refractivity contribution >= 4 is 29.4 Å². The number of rotatable bonds is 3. The van der Waals surface area contributed by atoms with E-state index in [4.69, 9.17) is 5.73 Å². The van der Waals surface area contributed by atoms with Crippen LogP contribution in [0.5, 0.6) is 0 Å². The normalized spacial score (nSPS) is 16.0. The number of amides is 2. The summed E-state index contributed by atoms with van der Waals surface area (Å²) < 4.78 is 0. The number of carbonyl (C=O) groups excluding carboxylic acids is 2. The Morgan fingerprint density at radius 2 is 1.75 bits per heavy atom. The van der Waals surface area contributed by atoms with E-state index in [0.717, 1.165) is 48.3 Å². The van der Waals surface area contributed by atoms with E-state index in [2.05, 4.69) is 10.3 Å². The van der Waals surface area contributed by atoms with Gasteiger partial charge in [-0.3, -0.25) is 9.59 Å². The number of amidine groups is 1. The van der Waals surface area contributed by atoms with Crippen LogP contribution in [0, 0.1) is 0 Å². The van der Waals surface area contributed by atoms with Crippen LogP contribution in [0.2, 0.25) is 0 Å². The fraction of sp³-hybridized carbons (Fsp3) is 0.346. The highest BCUT2D eigenvalue weighted by Gasteiger charge is 2.24. The van der Waals surface area contributed by atoms with E-state index in [1.54, 1.807) is 0 Å². The summed E-state index contributed by atoms with van der Waals surface area (Å²) >= 11 is 0. The number of likely N-dealkylation sites (tertiary alicyclic amines) is 1. The summed E-state index contributed by atoms with van der Waals surface area (Å²) in [4.78, 5) is 32.0. The Balaban J connectivity index is 1.65. The average Bonchev–Trinajstić information content (AvgIpc) is 3.21. The lowest BCUT2D eigenvalue weighted by Crippen LogP contribution is -2.40. The quantitative estimate of drug-likeness (QED) is 0.762. The Morgan fingerprint density at radius 3 is 2.47 bits per heavy atom. The molecule has 0 unspecified atom stereocenters. The fourth-order valence-electron chi connectivity index (χ4n) is 4.08. The van der Waals surface area contributed by atoms with Crippen LogP contribution in [0.25, 0.3) is 17.2 Å². The highest BCUT2D eigenvalue weighted by Crippen LogP contribution is 2.32. The molecule has 3 N–H and O–H groups in total. The summed E-state index contributed by atoms with van der Waals surface area (Å²) in [6.07, 6.45) is 4.36. The van der Waals surface area contributed by atoms with Crippen LogP contribution < -0.4 is 11.1 Å². The van der Waals surface area contributed by atoms with Crippen LogP contribution in [0.15, 0.2) is 53.0 Å². The number of hydrogen-bond acceptors (Lipinski definition) is 4. The van der Waals surface area contributed by atoms with Gasteiger partial charge in [0.2, 0.25) is 5.91 Å². The number of nitrogens with one attached hydrogen (secondary N) is 1. The van der Waals surface area contributed by atoms with E-state index in [0.29, 0.717) is 23.4 Å². The van der Waals surface area contributed by atoms with E-state index in [1.807, 2.05) is 74.2 Å². The number of fused-ring (bicyclic) bond motifs is 1. The SMILES string of the molecule is CC(C)(C)NC(=O)c1cccc(-c2ccc3c(c2)N=C(N)CC(C(=O)N2CCCC2)=C3)c1. The van der Waals surface area contributed by atoms with Crippen LogP contribution in [-0.4, -0.2) is 41.2 Å². The molecule has 2 aliphatic heterocycles. The van der Waals surface area contributed by atoms with Crippen molar-refractivity contribution in [2.45, 2.75) is 45.6 Å². The zero-order chi connectivity index (χ0) is 22.9. The number of hydrogen-bond donors (Lipinski definition) is 2. The maximum absolute atomic E-state index is 12.9. The minimum absolute atomic E-state index is 0.0511. The second-order valence-corrected chi connectivity index (χ2v) is 9.51. The number of carbonyl (C=O) groups is 2. The highest BCUT2D eigenvalue weighted by molar-refractivity contribution is 6.05. The molecule has 1 saturated heterocycles. The molecule has 2 heterocycles. The van der Waals surface area contributed by atoms with Crippen LogP contribution in [-0.2, 0) is 4.79 Å². The number of aliphatic imine (C=N–C) groups is 1. The average molecular weight is 431 g/mol. The number of benzene rings is 2.